The molecule has 1 rings (SSSR count). The normalized spacial score (nSPS) is 28.4. The van der Waals surface area contributed by atoms with E-state index in [-0.39, 0.29) is 0 Å². The zero-order chi connectivity index (χ0) is 9.57. The average Bonchev–Trinajstić information content (AvgIpc) is 1.81. The number of hydrogen-bond acceptors (Lipinski definition) is 1. The van der Waals surface area contributed by atoms with Crippen LogP contribution in [0.2, 0.25) is 25.7 Å². The van der Waals surface area contributed by atoms with Crippen LogP contribution in [-0.4, -0.2) is 13.9 Å². The topological polar surface area (TPSA) is 17.1 Å². The van der Waals surface area contributed by atoms with E-state index in [1.54, 1.807) is 0 Å². The van der Waals surface area contributed by atoms with Crippen LogP contribution in [0.15, 0.2) is 0 Å². The molecule has 0 aromatic carbocycles. The van der Waals surface area contributed by atoms with E-state index in [1.807, 2.05) is 0 Å². The molecule has 0 radical (unpaired) electrons. The molecular weight excluding hydrogens is 164 g/mol. The highest BCUT2D eigenvalue weighted by Gasteiger charge is 2.47. The molecular formula is C10H20OSi. The van der Waals surface area contributed by atoms with Gasteiger partial charge < -0.3 is 0 Å². The average molecular weight is 184 g/mol. The fraction of sp³-hybridized carbons (Fsp3) is 0.900. The maximum absolute atomic E-state index is 11.3. The summed E-state index contributed by atoms with van der Waals surface area (Å²) in [5, 5.41) is 0. The molecule has 2 heteroatoms. The second kappa shape index (κ2) is 2.69. The largest absolute Gasteiger partial charge is 0.299 e. The van der Waals surface area contributed by atoms with Crippen molar-refractivity contribution in [2.45, 2.75) is 46.0 Å². The Kier molecular flexibility index (Phi) is 2.24. The first kappa shape index (κ1) is 9.97. The van der Waals surface area contributed by atoms with Crippen LogP contribution in [0.25, 0.3) is 0 Å². The SMILES string of the molecule is CC1(C)CC(=O)C1C[Si](C)(C)C. The highest BCUT2D eigenvalue weighted by Crippen LogP contribution is 2.46. The third-order valence-electron chi connectivity index (χ3n) is 2.78. The lowest BCUT2D eigenvalue weighted by Gasteiger charge is -2.45. The molecule has 1 unspecified atom stereocenters. The van der Waals surface area contributed by atoms with E-state index >= 15 is 0 Å². The molecule has 70 valence electrons. The van der Waals surface area contributed by atoms with Crippen molar-refractivity contribution in [2.75, 3.05) is 0 Å². The molecule has 1 nitrogen and oxygen atoms in total. The molecule has 0 bridgehead atoms. The highest BCUT2D eigenvalue weighted by atomic mass is 28.3. The lowest BCUT2D eigenvalue weighted by atomic mass is 9.62. The molecule has 1 saturated carbocycles. The van der Waals surface area contributed by atoms with Gasteiger partial charge in [-0.2, -0.15) is 0 Å². The van der Waals surface area contributed by atoms with Crippen molar-refractivity contribution in [3.63, 3.8) is 0 Å². The maximum atomic E-state index is 11.3. The van der Waals surface area contributed by atoms with Crippen LogP contribution in [0.3, 0.4) is 0 Å². The maximum Gasteiger partial charge on any atom is 0.136 e. The first-order valence-corrected chi connectivity index (χ1v) is 8.46. The van der Waals surface area contributed by atoms with Gasteiger partial charge in [0.2, 0.25) is 0 Å². The minimum atomic E-state index is -1.04. The summed E-state index contributed by atoms with van der Waals surface area (Å²) < 4.78 is 0. The molecule has 1 fully saturated rings. The Morgan fingerprint density at radius 2 is 1.92 bits per heavy atom. The molecule has 0 aromatic rings. The number of carbonyl (C=O) groups is 1. The summed E-state index contributed by atoms with van der Waals surface area (Å²) in [6.07, 6.45) is 0.808. The van der Waals surface area contributed by atoms with Gasteiger partial charge in [0.15, 0.2) is 0 Å². The molecule has 12 heavy (non-hydrogen) atoms. The summed E-state index contributed by atoms with van der Waals surface area (Å²) in [6.45, 7) is 11.5. The Hall–Kier alpha value is -0.113. The van der Waals surface area contributed by atoms with Crippen LogP contribution >= 0.6 is 0 Å². The summed E-state index contributed by atoms with van der Waals surface area (Å²) >= 11 is 0. The second-order valence-electron chi connectivity index (χ2n) is 5.95. The zero-order valence-electron chi connectivity index (χ0n) is 8.90. The molecule has 0 amide bonds. The van der Waals surface area contributed by atoms with Crippen molar-refractivity contribution in [1.82, 2.24) is 0 Å². The van der Waals surface area contributed by atoms with Crippen LogP contribution < -0.4 is 0 Å². The molecule has 0 heterocycles. The van der Waals surface area contributed by atoms with E-state index in [0.29, 0.717) is 17.1 Å². The lowest BCUT2D eigenvalue weighted by molar-refractivity contribution is -0.138. The van der Waals surface area contributed by atoms with Gasteiger partial charge in [0.25, 0.3) is 0 Å². The summed E-state index contributed by atoms with van der Waals surface area (Å²) in [5.41, 5.74) is 0.303. The predicted molar refractivity (Wildman–Crippen MR) is 55.0 cm³/mol. The van der Waals surface area contributed by atoms with E-state index in [0.717, 1.165) is 6.42 Å². The van der Waals surface area contributed by atoms with Crippen LogP contribution in [0.5, 0.6) is 0 Å². The summed E-state index contributed by atoms with van der Waals surface area (Å²) in [4.78, 5) is 11.3. The minimum absolute atomic E-state index is 0.303. The third kappa shape index (κ3) is 1.97. The van der Waals surface area contributed by atoms with E-state index in [1.165, 1.54) is 6.04 Å². The smallest absolute Gasteiger partial charge is 0.136 e. The van der Waals surface area contributed by atoms with Crippen molar-refractivity contribution in [1.29, 1.82) is 0 Å². The Morgan fingerprint density at radius 3 is 2.08 bits per heavy atom. The van der Waals surface area contributed by atoms with Crippen molar-refractivity contribution in [3.05, 3.63) is 0 Å². The fourth-order valence-corrected chi connectivity index (χ4v) is 4.01. The van der Waals surface area contributed by atoms with Gasteiger partial charge in [0.1, 0.15) is 5.78 Å². The predicted octanol–water partition coefficient (Wildman–Crippen LogP) is 2.94. The van der Waals surface area contributed by atoms with Crippen molar-refractivity contribution >= 4 is 13.9 Å². The lowest BCUT2D eigenvalue weighted by Crippen LogP contribution is -2.47. The molecule has 1 aliphatic carbocycles. The second-order valence-corrected chi connectivity index (χ2v) is 11.5. The highest BCUT2D eigenvalue weighted by molar-refractivity contribution is 6.76. The first-order chi connectivity index (χ1) is 5.22. The fourth-order valence-electron chi connectivity index (χ4n) is 2.00. The summed E-state index contributed by atoms with van der Waals surface area (Å²) in [6, 6.07) is 1.18. The quantitative estimate of drug-likeness (QED) is 0.603. The number of Topliss-reactive ketones (excluding diaryl/α,β-unsaturated/α-hetero) is 1. The van der Waals surface area contributed by atoms with Gasteiger partial charge in [-0.05, 0) is 11.5 Å². The standard InChI is InChI=1S/C10H20OSi/c1-10(2)6-9(11)8(10)7-12(3,4)5/h8H,6-7H2,1-5H3. The van der Waals surface area contributed by atoms with Crippen LogP contribution in [0, 0.1) is 11.3 Å². The van der Waals surface area contributed by atoms with E-state index < -0.39 is 8.07 Å². The summed E-state index contributed by atoms with van der Waals surface area (Å²) in [7, 11) is -1.04. The number of hydrogen-bond donors (Lipinski definition) is 0. The van der Waals surface area contributed by atoms with Gasteiger partial charge in [0, 0.05) is 20.4 Å². The van der Waals surface area contributed by atoms with Crippen molar-refractivity contribution in [2.24, 2.45) is 11.3 Å². The van der Waals surface area contributed by atoms with Gasteiger partial charge in [-0.3, -0.25) is 4.79 Å². The third-order valence-corrected chi connectivity index (χ3v) is 4.41. The van der Waals surface area contributed by atoms with Gasteiger partial charge in [-0.15, -0.1) is 0 Å². The monoisotopic (exact) mass is 184 g/mol. The van der Waals surface area contributed by atoms with Gasteiger partial charge in [0.05, 0.1) is 0 Å². The van der Waals surface area contributed by atoms with Crippen LogP contribution in [-0.2, 0) is 4.79 Å². The molecule has 0 aliphatic heterocycles. The molecule has 0 saturated heterocycles. The first-order valence-electron chi connectivity index (χ1n) is 4.75. The Balaban J connectivity index is 2.58. The van der Waals surface area contributed by atoms with Crippen molar-refractivity contribution in [3.8, 4) is 0 Å². The van der Waals surface area contributed by atoms with Gasteiger partial charge in [-0.1, -0.05) is 33.5 Å². The van der Waals surface area contributed by atoms with E-state index in [9.17, 15) is 4.79 Å². The van der Waals surface area contributed by atoms with Crippen molar-refractivity contribution < 1.29 is 4.79 Å². The van der Waals surface area contributed by atoms with E-state index in [4.69, 9.17) is 0 Å². The summed E-state index contributed by atoms with van der Waals surface area (Å²) in [5.74, 6) is 0.881. The van der Waals surface area contributed by atoms with Gasteiger partial charge in [-0.25, -0.2) is 0 Å². The Bertz CT molecular complexity index is 200. The number of carbonyl (C=O) groups excluding carboxylic acids is 1. The van der Waals surface area contributed by atoms with Crippen LogP contribution in [0.4, 0.5) is 0 Å². The Morgan fingerprint density at radius 1 is 1.42 bits per heavy atom. The molecule has 0 N–H and O–H groups in total. The number of rotatable bonds is 2. The van der Waals surface area contributed by atoms with Gasteiger partial charge >= 0.3 is 0 Å². The minimum Gasteiger partial charge on any atom is -0.299 e. The molecule has 1 atom stereocenters. The van der Waals surface area contributed by atoms with Crippen LogP contribution in [0.1, 0.15) is 20.3 Å². The molecule has 0 aromatic heterocycles. The zero-order valence-corrected chi connectivity index (χ0v) is 9.90. The Labute approximate surface area is 76.6 Å². The van der Waals surface area contributed by atoms with E-state index in [2.05, 4.69) is 33.5 Å². The molecule has 0 spiro atoms. The number of ketones is 1. The molecule has 1 aliphatic rings.